The molecule has 1 aliphatic rings. The van der Waals surface area contributed by atoms with Gasteiger partial charge < -0.3 is 0 Å². The lowest BCUT2D eigenvalue weighted by Crippen LogP contribution is -2.25. The fourth-order valence-corrected chi connectivity index (χ4v) is 5.25. The van der Waals surface area contributed by atoms with Crippen LogP contribution in [0.2, 0.25) is 0 Å². The number of halogens is 2. The number of fused-ring (bicyclic) bond motifs is 3. The van der Waals surface area contributed by atoms with Crippen molar-refractivity contribution < 1.29 is 0 Å². The number of unbranched alkanes of at least 4 members (excludes halogenated alkanes) is 2. The highest BCUT2D eigenvalue weighted by Gasteiger charge is 2.42. The Kier molecular flexibility index (Phi) is 7.91. The summed E-state index contributed by atoms with van der Waals surface area (Å²) in [5.41, 5.74) is 5.78. The average molecular weight is 512 g/mol. The van der Waals surface area contributed by atoms with Gasteiger partial charge in [0.15, 0.2) is 0 Å². The summed E-state index contributed by atoms with van der Waals surface area (Å²) in [7, 11) is 0. The predicted molar refractivity (Wildman–Crippen MR) is 134 cm³/mol. The van der Waals surface area contributed by atoms with Crippen LogP contribution < -0.4 is 0 Å². The molecule has 0 fully saturated rings. The molecule has 0 unspecified atom stereocenters. The predicted octanol–water partition coefficient (Wildman–Crippen LogP) is 9.30. The Morgan fingerprint density at radius 2 is 1.17 bits per heavy atom. The summed E-state index contributed by atoms with van der Waals surface area (Å²) in [4.78, 5) is 0. The second-order valence-corrected chi connectivity index (χ2v) is 9.41. The number of benzene rings is 2. The van der Waals surface area contributed by atoms with Gasteiger partial charge in [-0.15, -0.1) is 0 Å². The quantitative estimate of drug-likeness (QED) is 0.220. The smallest absolute Gasteiger partial charge is 0.0216 e. The lowest BCUT2D eigenvalue weighted by Gasteiger charge is -2.33. The van der Waals surface area contributed by atoms with E-state index in [9.17, 15) is 0 Å². The van der Waals surface area contributed by atoms with Crippen LogP contribution in [0.3, 0.4) is 0 Å². The summed E-state index contributed by atoms with van der Waals surface area (Å²) in [5, 5.41) is 0. The van der Waals surface area contributed by atoms with Gasteiger partial charge in [0.25, 0.3) is 0 Å². The third-order valence-electron chi connectivity index (χ3n) is 5.78. The largest absolute Gasteiger partial charge is 0.0991 e. The van der Waals surface area contributed by atoms with Crippen LogP contribution in [0.15, 0.2) is 95.0 Å². The minimum Gasteiger partial charge on any atom is -0.0991 e. The fraction of sp³-hybridized carbons (Fsp3) is 0.259. The molecule has 3 rings (SSSR count). The Morgan fingerprint density at radius 3 is 1.59 bits per heavy atom. The van der Waals surface area contributed by atoms with Gasteiger partial charge in [0.05, 0.1) is 0 Å². The van der Waals surface area contributed by atoms with Crippen molar-refractivity contribution in [2.75, 3.05) is 0 Å². The molecule has 2 heteroatoms. The first-order valence-electron chi connectivity index (χ1n) is 10.3. The van der Waals surface area contributed by atoms with Gasteiger partial charge in [0, 0.05) is 14.4 Å². The maximum Gasteiger partial charge on any atom is 0.0216 e. The number of hydrogen-bond donors (Lipinski definition) is 0. The number of allylic oxidation sites excluding steroid dienone is 6. The van der Waals surface area contributed by atoms with E-state index in [-0.39, 0.29) is 5.41 Å². The zero-order valence-corrected chi connectivity index (χ0v) is 20.0. The number of rotatable bonds is 10. The third-order valence-corrected chi connectivity index (χ3v) is 6.76. The van der Waals surface area contributed by atoms with Crippen molar-refractivity contribution in [1.29, 1.82) is 0 Å². The van der Waals surface area contributed by atoms with Crippen molar-refractivity contribution in [3.63, 3.8) is 0 Å². The molecule has 1 aliphatic carbocycles. The average Bonchev–Trinajstić information content (AvgIpc) is 2.96. The van der Waals surface area contributed by atoms with Crippen LogP contribution in [0, 0.1) is 0 Å². The molecule has 0 saturated carbocycles. The molecule has 2 aromatic carbocycles. The highest BCUT2D eigenvalue weighted by Crippen LogP contribution is 2.55. The van der Waals surface area contributed by atoms with Crippen molar-refractivity contribution in [1.82, 2.24) is 0 Å². The van der Waals surface area contributed by atoms with Crippen LogP contribution in [0.25, 0.3) is 11.1 Å². The second kappa shape index (κ2) is 10.4. The molecule has 0 heterocycles. The van der Waals surface area contributed by atoms with Crippen LogP contribution in [0.5, 0.6) is 0 Å². The Labute approximate surface area is 192 Å². The van der Waals surface area contributed by atoms with Gasteiger partial charge >= 0.3 is 0 Å². The van der Waals surface area contributed by atoms with Gasteiger partial charge in [-0.2, -0.15) is 0 Å². The molecule has 0 amide bonds. The summed E-state index contributed by atoms with van der Waals surface area (Å²) >= 11 is 7.45. The topological polar surface area (TPSA) is 0 Å². The first-order chi connectivity index (χ1) is 14.1. The minimum absolute atomic E-state index is 0.0578. The lowest BCUT2D eigenvalue weighted by molar-refractivity contribution is 0.421. The highest BCUT2D eigenvalue weighted by molar-refractivity contribution is 9.10. The van der Waals surface area contributed by atoms with Gasteiger partial charge in [-0.25, -0.2) is 0 Å². The third kappa shape index (κ3) is 4.92. The Bertz CT molecular complexity index is 856. The van der Waals surface area contributed by atoms with Gasteiger partial charge in [0.1, 0.15) is 0 Å². The van der Waals surface area contributed by atoms with Gasteiger partial charge in [0.2, 0.25) is 0 Å². The van der Waals surface area contributed by atoms with Crippen molar-refractivity contribution in [2.24, 2.45) is 0 Å². The molecule has 0 N–H and O–H groups in total. The summed E-state index contributed by atoms with van der Waals surface area (Å²) in [6.45, 7) is 7.57. The zero-order valence-electron chi connectivity index (χ0n) is 16.8. The zero-order chi connectivity index (χ0) is 20.7. The molecule has 2 aromatic rings. The van der Waals surface area contributed by atoms with E-state index in [0.29, 0.717) is 0 Å². The van der Waals surface area contributed by atoms with Crippen molar-refractivity contribution in [3.05, 3.63) is 106 Å². The molecule has 0 nitrogen and oxygen atoms in total. The monoisotopic (exact) mass is 510 g/mol. The SMILES string of the molecule is C=C/C=C\CCCC1(CCC/C=C\C=C)c2cc(Br)ccc2-c2ccc(Br)cc21. The van der Waals surface area contributed by atoms with E-state index < -0.39 is 0 Å². The summed E-state index contributed by atoms with van der Waals surface area (Å²) in [6, 6.07) is 13.6. The molecule has 0 aromatic heterocycles. The van der Waals surface area contributed by atoms with Crippen molar-refractivity contribution in [2.45, 2.75) is 43.9 Å². The molecule has 0 aliphatic heterocycles. The number of hydrogen-bond acceptors (Lipinski definition) is 0. The molecular formula is C27H28Br2. The maximum absolute atomic E-state index is 3.78. The van der Waals surface area contributed by atoms with Crippen LogP contribution in [0.4, 0.5) is 0 Å². The van der Waals surface area contributed by atoms with E-state index in [4.69, 9.17) is 0 Å². The molecule has 0 bridgehead atoms. The van der Waals surface area contributed by atoms with Crippen LogP contribution in [-0.4, -0.2) is 0 Å². The molecular weight excluding hydrogens is 484 g/mol. The Hall–Kier alpha value is -1.64. The van der Waals surface area contributed by atoms with Crippen LogP contribution in [0.1, 0.15) is 49.7 Å². The fourth-order valence-electron chi connectivity index (χ4n) is 4.53. The normalized spacial score (nSPS) is 14.3. The Balaban J connectivity index is 2.02. The standard InChI is InChI=1S/C27H28Br2/c1-3-5-7-9-11-17-27(18-12-10-8-6-4-2)25-19-21(28)13-15-23(25)24-16-14-22(29)20-26(24)27/h3-8,13-16,19-20H,1-2,9-12,17-18H2/b7-5-,8-6-. The first kappa shape index (κ1) is 22.1. The maximum atomic E-state index is 3.78. The Morgan fingerprint density at radius 1 is 0.724 bits per heavy atom. The lowest BCUT2D eigenvalue weighted by atomic mass is 9.71. The summed E-state index contributed by atoms with van der Waals surface area (Å²) in [6.07, 6.45) is 19.0. The van der Waals surface area contributed by atoms with Crippen molar-refractivity contribution in [3.8, 4) is 11.1 Å². The first-order valence-corrected chi connectivity index (χ1v) is 11.9. The van der Waals surface area contributed by atoms with Gasteiger partial charge in [-0.05, 0) is 85.0 Å². The van der Waals surface area contributed by atoms with E-state index in [1.807, 2.05) is 12.2 Å². The molecule has 0 saturated heterocycles. The second-order valence-electron chi connectivity index (χ2n) is 7.57. The van der Waals surface area contributed by atoms with E-state index in [1.165, 1.54) is 22.3 Å². The molecule has 0 spiro atoms. The molecule has 0 atom stereocenters. The van der Waals surface area contributed by atoms with Crippen LogP contribution in [-0.2, 0) is 5.41 Å². The minimum atomic E-state index is 0.0578. The molecule has 0 radical (unpaired) electrons. The van der Waals surface area contributed by atoms with E-state index in [0.717, 1.165) is 47.5 Å². The van der Waals surface area contributed by atoms with E-state index in [1.54, 1.807) is 0 Å². The van der Waals surface area contributed by atoms with Gasteiger partial charge in [-0.3, -0.25) is 0 Å². The van der Waals surface area contributed by atoms with Crippen molar-refractivity contribution >= 4 is 31.9 Å². The summed E-state index contributed by atoms with van der Waals surface area (Å²) < 4.78 is 2.32. The molecule has 29 heavy (non-hydrogen) atoms. The summed E-state index contributed by atoms with van der Waals surface area (Å²) in [5.74, 6) is 0. The van der Waals surface area contributed by atoms with E-state index in [2.05, 4.69) is 106 Å². The molecule has 150 valence electrons. The van der Waals surface area contributed by atoms with Gasteiger partial charge in [-0.1, -0.05) is 93.6 Å². The van der Waals surface area contributed by atoms with Crippen LogP contribution >= 0.6 is 31.9 Å². The van der Waals surface area contributed by atoms with E-state index >= 15 is 0 Å². The highest BCUT2D eigenvalue weighted by atomic mass is 79.9.